The number of hydrogen-bond acceptors (Lipinski definition) is 5. The van der Waals surface area contributed by atoms with Gasteiger partial charge in [-0.05, 0) is 31.4 Å². The molecule has 0 bridgehead atoms. The molecule has 1 atom stereocenters. The molecule has 0 fully saturated rings. The first-order valence-electron chi connectivity index (χ1n) is 8.91. The summed E-state index contributed by atoms with van der Waals surface area (Å²) in [5, 5.41) is 8.08. The van der Waals surface area contributed by atoms with Gasteiger partial charge in [-0.2, -0.15) is 0 Å². The van der Waals surface area contributed by atoms with Crippen molar-refractivity contribution in [3.8, 4) is 0 Å². The number of nitrogens with zero attached hydrogens (tertiary/aromatic N) is 3. The van der Waals surface area contributed by atoms with Crippen molar-refractivity contribution in [2.45, 2.75) is 43.8 Å². The highest BCUT2D eigenvalue weighted by atomic mass is 32.2. The van der Waals surface area contributed by atoms with Crippen LogP contribution in [0.3, 0.4) is 0 Å². The van der Waals surface area contributed by atoms with Crippen molar-refractivity contribution in [1.82, 2.24) is 14.8 Å². The summed E-state index contributed by atoms with van der Waals surface area (Å²) in [7, 11) is -3.62. The molecule has 0 amide bonds. The minimum Gasteiger partial charge on any atom is -0.321 e. The van der Waals surface area contributed by atoms with Crippen LogP contribution in [-0.4, -0.2) is 23.2 Å². The third kappa shape index (κ3) is 4.43. The van der Waals surface area contributed by atoms with E-state index in [4.69, 9.17) is 5.73 Å². The third-order valence-electron chi connectivity index (χ3n) is 4.41. The van der Waals surface area contributed by atoms with Crippen LogP contribution in [0.2, 0.25) is 0 Å². The van der Waals surface area contributed by atoms with Crippen molar-refractivity contribution < 1.29 is 8.42 Å². The van der Waals surface area contributed by atoms with Gasteiger partial charge in [0.25, 0.3) is 0 Å². The Balaban J connectivity index is 1.88. The van der Waals surface area contributed by atoms with Crippen molar-refractivity contribution in [3.05, 3.63) is 77.1 Å². The van der Waals surface area contributed by atoms with Crippen molar-refractivity contribution in [1.29, 1.82) is 0 Å². The van der Waals surface area contributed by atoms with Gasteiger partial charge in [0.05, 0.1) is 11.8 Å². The second-order valence-electron chi connectivity index (χ2n) is 6.63. The van der Waals surface area contributed by atoms with Crippen LogP contribution in [0.1, 0.15) is 35.5 Å². The molecule has 1 aromatic heterocycles. The molecule has 0 unspecified atom stereocenters. The number of sulfone groups is 1. The molecule has 0 aliphatic heterocycles. The smallest absolute Gasteiger partial charge is 0.250 e. The highest BCUT2D eigenvalue weighted by Gasteiger charge is 2.26. The molecule has 0 spiro atoms. The largest absolute Gasteiger partial charge is 0.321 e. The summed E-state index contributed by atoms with van der Waals surface area (Å²) in [4.78, 5) is 0. The van der Waals surface area contributed by atoms with Gasteiger partial charge in [0.2, 0.25) is 15.0 Å². The molecule has 1 heterocycles. The first kappa shape index (κ1) is 19.3. The van der Waals surface area contributed by atoms with E-state index >= 15 is 0 Å². The lowest BCUT2D eigenvalue weighted by Crippen LogP contribution is -2.21. The summed E-state index contributed by atoms with van der Waals surface area (Å²) in [5.41, 5.74) is 9.13. The summed E-state index contributed by atoms with van der Waals surface area (Å²) in [6, 6.07) is 16.9. The fourth-order valence-electron chi connectivity index (χ4n) is 3.15. The lowest BCUT2D eigenvalue weighted by atomic mass is 10.1. The summed E-state index contributed by atoms with van der Waals surface area (Å²) < 4.78 is 27.5. The van der Waals surface area contributed by atoms with Crippen LogP contribution in [0, 0.1) is 6.92 Å². The predicted molar refractivity (Wildman–Crippen MR) is 105 cm³/mol. The number of hydrogen-bond donors (Lipinski definition) is 1. The summed E-state index contributed by atoms with van der Waals surface area (Å²) in [6.45, 7) is 4.24. The molecular weight excluding hydrogens is 360 g/mol. The van der Waals surface area contributed by atoms with Gasteiger partial charge >= 0.3 is 0 Å². The van der Waals surface area contributed by atoms with Gasteiger partial charge in [-0.25, -0.2) is 8.42 Å². The topological polar surface area (TPSA) is 90.9 Å². The number of aryl methyl sites for hydroxylation is 1. The van der Waals surface area contributed by atoms with Gasteiger partial charge in [-0.15, -0.1) is 10.2 Å². The van der Waals surface area contributed by atoms with Gasteiger partial charge < -0.3 is 10.3 Å². The lowest BCUT2D eigenvalue weighted by Gasteiger charge is -2.14. The molecule has 0 aliphatic carbocycles. The molecule has 2 N–H and O–H groups in total. The molecular formula is C20H24N4O2S. The van der Waals surface area contributed by atoms with E-state index in [2.05, 4.69) is 10.2 Å². The zero-order valence-electron chi connectivity index (χ0n) is 15.5. The minimum atomic E-state index is -3.62. The predicted octanol–water partition coefficient (Wildman–Crippen LogP) is 2.82. The lowest BCUT2D eigenvalue weighted by molar-refractivity contribution is 0.545. The quantitative estimate of drug-likeness (QED) is 0.676. The Morgan fingerprint density at radius 3 is 2.41 bits per heavy atom. The van der Waals surface area contributed by atoms with Crippen LogP contribution in [0.4, 0.5) is 0 Å². The first-order chi connectivity index (χ1) is 12.9. The second kappa shape index (κ2) is 8.02. The van der Waals surface area contributed by atoms with Crippen LogP contribution in [-0.2, 0) is 28.6 Å². The molecule has 0 aliphatic rings. The van der Waals surface area contributed by atoms with E-state index in [-0.39, 0.29) is 10.9 Å². The summed E-state index contributed by atoms with van der Waals surface area (Å²) in [5.74, 6) is 0.380. The Bertz CT molecular complexity index is 1010. The van der Waals surface area contributed by atoms with E-state index in [1.165, 1.54) is 0 Å². The Hall–Kier alpha value is -2.51. The number of nitrogens with two attached hydrogens (primary N) is 1. The Morgan fingerprint density at radius 1 is 1.04 bits per heavy atom. The zero-order valence-corrected chi connectivity index (χ0v) is 16.4. The van der Waals surface area contributed by atoms with Crippen LogP contribution in [0.15, 0.2) is 59.8 Å². The van der Waals surface area contributed by atoms with Gasteiger partial charge in [0.1, 0.15) is 0 Å². The van der Waals surface area contributed by atoms with E-state index in [0.717, 1.165) is 16.7 Å². The van der Waals surface area contributed by atoms with E-state index in [1.807, 2.05) is 62.4 Å². The van der Waals surface area contributed by atoms with Gasteiger partial charge in [0, 0.05) is 6.54 Å². The van der Waals surface area contributed by atoms with Crippen LogP contribution >= 0.6 is 0 Å². The Labute approximate surface area is 160 Å². The van der Waals surface area contributed by atoms with Crippen molar-refractivity contribution in [2.24, 2.45) is 5.73 Å². The molecule has 7 heteroatoms. The molecule has 3 rings (SSSR count). The molecule has 142 valence electrons. The SMILES string of the molecule is CCn1c([C@@H](N)Cc2ccccc2)nnc1S(=O)(=O)Cc1cccc(C)c1. The van der Waals surface area contributed by atoms with Crippen LogP contribution < -0.4 is 5.73 Å². The highest BCUT2D eigenvalue weighted by molar-refractivity contribution is 7.90. The maximum atomic E-state index is 12.9. The second-order valence-corrected chi connectivity index (χ2v) is 8.51. The molecule has 0 saturated carbocycles. The molecule has 2 aromatic carbocycles. The zero-order chi connectivity index (χ0) is 19.4. The van der Waals surface area contributed by atoms with Crippen LogP contribution in [0.25, 0.3) is 0 Å². The average molecular weight is 385 g/mol. The normalized spacial score (nSPS) is 12.9. The first-order valence-corrected chi connectivity index (χ1v) is 10.6. The number of benzene rings is 2. The van der Waals surface area contributed by atoms with Gasteiger partial charge in [-0.3, -0.25) is 0 Å². The van der Waals surface area contributed by atoms with Crippen LogP contribution in [0.5, 0.6) is 0 Å². The average Bonchev–Trinajstić information content (AvgIpc) is 3.07. The Morgan fingerprint density at radius 2 is 1.74 bits per heavy atom. The fraction of sp³-hybridized carbons (Fsp3) is 0.300. The van der Waals surface area contributed by atoms with Crippen molar-refractivity contribution in [3.63, 3.8) is 0 Å². The van der Waals surface area contributed by atoms with Gasteiger partial charge in [0.15, 0.2) is 5.82 Å². The molecule has 0 radical (unpaired) electrons. The molecule has 3 aromatic rings. The highest BCUT2D eigenvalue weighted by Crippen LogP contribution is 2.21. The van der Waals surface area contributed by atoms with E-state index in [0.29, 0.717) is 18.8 Å². The maximum absolute atomic E-state index is 12.9. The fourth-order valence-corrected chi connectivity index (χ4v) is 4.62. The van der Waals surface area contributed by atoms with Crippen molar-refractivity contribution in [2.75, 3.05) is 0 Å². The molecule has 6 nitrogen and oxygen atoms in total. The Kier molecular flexibility index (Phi) is 5.72. The van der Waals surface area contributed by atoms with Crippen molar-refractivity contribution >= 4 is 9.84 Å². The molecule has 0 saturated heterocycles. The summed E-state index contributed by atoms with van der Waals surface area (Å²) in [6.07, 6.45) is 0.566. The number of rotatable bonds is 7. The number of aromatic nitrogens is 3. The molecule has 27 heavy (non-hydrogen) atoms. The minimum absolute atomic E-state index is 0.0231. The van der Waals surface area contributed by atoms with Gasteiger partial charge in [-0.1, -0.05) is 60.2 Å². The maximum Gasteiger partial charge on any atom is 0.250 e. The monoisotopic (exact) mass is 384 g/mol. The van der Waals surface area contributed by atoms with E-state index in [9.17, 15) is 8.42 Å². The summed E-state index contributed by atoms with van der Waals surface area (Å²) >= 11 is 0. The standard InChI is InChI=1S/C20H24N4O2S/c1-3-24-19(18(21)13-16-9-5-4-6-10-16)22-23-20(24)27(25,26)14-17-11-7-8-15(2)12-17/h4-12,18H,3,13-14,21H2,1-2H3/t18-/m0/s1. The van der Waals surface area contributed by atoms with E-state index < -0.39 is 15.9 Å². The third-order valence-corrected chi connectivity index (χ3v) is 5.98. The van der Waals surface area contributed by atoms with E-state index in [1.54, 1.807) is 10.6 Å².